The molecule has 0 saturated carbocycles. The largest absolute Gasteiger partial charge is 0.493 e. The highest BCUT2D eigenvalue weighted by molar-refractivity contribution is 14.1. The Morgan fingerprint density at radius 2 is 1.97 bits per heavy atom. The van der Waals surface area contributed by atoms with Gasteiger partial charge in [-0.15, -0.1) is 0 Å². The summed E-state index contributed by atoms with van der Waals surface area (Å²) in [5.74, 6) is 0.590. The van der Waals surface area contributed by atoms with Crippen LogP contribution in [0.1, 0.15) is 16.7 Å². The highest BCUT2D eigenvalue weighted by Gasteiger charge is 2.25. The Balaban J connectivity index is 1.60. The molecule has 32 heavy (non-hydrogen) atoms. The third-order valence-electron chi connectivity index (χ3n) is 4.55. The molecule has 0 saturated heterocycles. The second kappa shape index (κ2) is 10.1. The van der Waals surface area contributed by atoms with Gasteiger partial charge >= 0.3 is 5.97 Å². The zero-order valence-corrected chi connectivity index (χ0v) is 21.3. The van der Waals surface area contributed by atoms with Crippen molar-refractivity contribution < 1.29 is 19.0 Å². The number of rotatable bonds is 6. The molecule has 5 nitrogen and oxygen atoms in total. The van der Waals surface area contributed by atoms with Crippen molar-refractivity contribution in [3.63, 3.8) is 0 Å². The van der Waals surface area contributed by atoms with E-state index in [0.29, 0.717) is 34.3 Å². The van der Waals surface area contributed by atoms with Crippen molar-refractivity contribution in [1.82, 2.24) is 0 Å². The Labute approximate surface area is 212 Å². The SMILES string of the molecule is COc1cc(/C=C2\N=C(c3ccccc3Br)OC2=O)cc(Cl)c1OCc1cccc(I)c1. The summed E-state index contributed by atoms with van der Waals surface area (Å²) < 4.78 is 18.7. The van der Waals surface area contributed by atoms with Gasteiger partial charge in [-0.3, -0.25) is 0 Å². The van der Waals surface area contributed by atoms with Crippen LogP contribution in [0.4, 0.5) is 0 Å². The molecular formula is C24H16BrClINO4. The van der Waals surface area contributed by atoms with E-state index in [1.54, 1.807) is 18.2 Å². The minimum Gasteiger partial charge on any atom is -0.493 e. The molecule has 1 heterocycles. The summed E-state index contributed by atoms with van der Waals surface area (Å²) in [6.07, 6.45) is 1.60. The number of benzene rings is 3. The molecule has 0 fully saturated rings. The van der Waals surface area contributed by atoms with Crippen LogP contribution in [-0.2, 0) is 16.1 Å². The molecule has 0 unspecified atom stereocenters. The van der Waals surface area contributed by atoms with Gasteiger partial charge in [-0.2, -0.15) is 0 Å². The predicted molar refractivity (Wildman–Crippen MR) is 136 cm³/mol. The monoisotopic (exact) mass is 623 g/mol. The van der Waals surface area contributed by atoms with Crippen LogP contribution in [0, 0.1) is 3.57 Å². The second-order valence-corrected chi connectivity index (χ2v) is 9.28. The van der Waals surface area contributed by atoms with Gasteiger partial charge in [0.1, 0.15) is 6.61 Å². The van der Waals surface area contributed by atoms with Crippen LogP contribution < -0.4 is 9.47 Å². The van der Waals surface area contributed by atoms with Crippen LogP contribution in [0.2, 0.25) is 5.02 Å². The molecule has 1 aliphatic heterocycles. The molecule has 0 aromatic heterocycles. The fraction of sp³-hybridized carbons (Fsp3) is 0.0833. The molecule has 0 N–H and O–H groups in total. The van der Waals surface area contributed by atoms with Crippen molar-refractivity contribution in [3.8, 4) is 11.5 Å². The van der Waals surface area contributed by atoms with E-state index in [2.05, 4.69) is 43.5 Å². The maximum absolute atomic E-state index is 12.4. The van der Waals surface area contributed by atoms with Gasteiger partial charge in [-0.05, 0) is 92.1 Å². The molecule has 0 bridgehead atoms. The van der Waals surface area contributed by atoms with Crippen LogP contribution >= 0.6 is 50.1 Å². The highest BCUT2D eigenvalue weighted by Crippen LogP contribution is 2.38. The first-order chi connectivity index (χ1) is 15.4. The van der Waals surface area contributed by atoms with Gasteiger partial charge in [0.15, 0.2) is 17.2 Å². The number of esters is 1. The molecule has 8 heteroatoms. The normalized spacial score (nSPS) is 14.3. The maximum atomic E-state index is 12.4. The van der Waals surface area contributed by atoms with Gasteiger partial charge in [0.2, 0.25) is 5.90 Å². The number of methoxy groups -OCH3 is 1. The first kappa shape index (κ1) is 22.8. The van der Waals surface area contributed by atoms with Crippen molar-refractivity contribution in [3.05, 3.63) is 96.1 Å². The van der Waals surface area contributed by atoms with E-state index in [4.69, 9.17) is 25.8 Å². The van der Waals surface area contributed by atoms with Gasteiger partial charge in [-0.25, -0.2) is 9.79 Å². The maximum Gasteiger partial charge on any atom is 0.363 e. The van der Waals surface area contributed by atoms with Gasteiger partial charge in [0.05, 0.1) is 17.7 Å². The van der Waals surface area contributed by atoms with E-state index in [9.17, 15) is 4.79 Å². The first-order valence-electron chi connectivity index (χ1n) is 9.47. The van der Waals surface area contributed by atoms with E-state index in [1.807, 2.05) is 48.5 Å². The van der Waals surface area contributed by atoms with Crippen molar-refractivity contribution >= 4 is 68.1 Å². The Kier molecular flexibility index (Phi) is 7.17. The zero-order valence-electron chi connectivity index (χ0n) is 16.8. The highest BCUT2D eigenvalue weighted by atomic mass is 127. The summed E-state index contributed by atoms with van der Waals surface area (Å²) in [4.78, 5) is 16.7. The minimum absolute atomic E-state index is 0.168. The quantitative estimate of drug-likeness (QED) is 0.175. The standard InChI is InChI=1S/C24H16BrClINO4/c1-30-21-12-15(10-19(26)22(21)31-13-14-5-4-6-16(27)9-14)11-20-24(29)32-23(28-20)17-7-2-3-8-18(17)25/h2-12H,13H2,1H3/b20-11-. The van der Waals surface area contributed by atoms with Crippen molar-refractivity contribution in [2.45, 2.75) is 6.61 Å². The number of ether oxygens (including phenoxy) is 3. The summed E-state index contributed by atoms with van der Waals surface area (Å²) in [5.41, 5.74) is 2.52. The lowest BCUT2D eigenvalue weighted by Crippen LogP contribution is -2.05. The number of hydrogen-bond donors (Lipinski definition) is 0. The van der Waals surface area contributed by atoms with Crippen LogP contribution in [-0.4, -0.2) is 19.0 Å². The molecule has 0 amide bonds. The van der Waals surface area contributed by atoms with Crippen molar-refractivity contribution in [2.75, 3.05) is 7.11 Å². The molecule has 1 aliphatic rings. The number of hydrogen-bond acceptors (Lipinski definition) is 5. The summed E-state index contributed by atoms with van der Waals surface area (Å²) >= 11 is 12.2. The lowest BCUT2D eigenvalue weighted by Gasteiger charge is -2.13. The molecule has 3 aromatic rings. The van der Waals surface area contributed by atoms with Gasteiger partial charge in [0, 0.05) is 8.04 Å². The predicted octanol–water partition coefficient (Wildman–Crippen LogP) is 6.64. The third-order valence-corrected chi connectivity index (χ3v) is 6.20. The van der Waals surface area contributed by atoms with Crippen molar-refractivity contribution in [1.29, 1.82) is 0 Å². The Hall–Kier alpha value is -2.36. The number of carbonyl (C=O) groups is 1. The van der Waals surface area contributed by atoms with Crippen LogP contribution in [0.25, 0.3) is 6.08 Å². The lowest BCUT2D eigenvalue weighted by molar-refractivity contribution is -0.129. The first-order valence-corrected chi connectivity index (χ1v) is 11.7. The molecule has 0 radical (unpaired) electrons. The van der Waals surface area contributed by atoms with E-state index in [1.165, 1.54) is 7.11 Å². The van der Waals surface area contributed by atoms with Gasteiger partial charge in [-0.1, -0.05) is 35.9 Å². The second-order valence-electron chi connectivity index (χ2n) is 6.77. The van der Waals surface area contributed by atoms with E-state index in [-0.39, 0.29) is 11.6 Å². The molecule has 162 valence electrons. The zero-order chi connectivity index (χ0) is 22.7. The smallest absolute Gasteiger partial charge is 0.363 e. The summed E-state index contributed by atoms with van der Waals surface area (Å²) in [5, 5.41) is 0.364. The minimum atomic E-state index is -0.537. The fourth-order valence-corrected chi connectivity index (χ4v) is 4.40. The Morgan fingerprint density at radius 3 is 2.72 bits per heavy atom. The molecule has 3 aromatic carbocycles. The molecular weight excluding hydrogens is 609 g/mol. The van der Waals surface area contributed by atoms with E-state index in [0.717, 1.165) is 13.6 Å². The number of nitrogens with zero attached hydrogens (tertiary/aromatic N) is 1. The van der Waals surface area contributed by atoms with Crippen LogP contribution in [0.3, 0.4) is 0 Å². The number of carbonyl (C=O) groups excluding carboxylic acids is 1. The lowest BCUT2D eigenvalue weighted by atomic mass is 10.1. The van der Waals surface area contributed by atoms with Gasteiger partial charge in [0.25, 0.3) is 0 Å². The number of aliphatic imine (C=N–C) groups is 1. The fourth-order valence-electron chi connectivity index (χ4n) is 3.06. The summed E-state index contributed by atoms with van der Waals surface area (Å²) in [7, 11) is 1.54. The average molecular weight is 625 g/mol. The Morgan fingerprint density at radius 1 is 1.16 bits per heavy atom. The Bertz CT molecular complexity index is 1260. The van der Waals surface area contributed by atoms with Crippen molar-refractivity contribution in [2.24, 2.45) is 4.99 Å². The average Bonchev–Trinajstić information content (AvgIpc) is 3.13. The number of halogens is 3. The molecule has 0 atom stereocenters. The third kappa shape index (κ3) is 5.16. The molecule has 0 spiro atoms. The molecule has 4 rings (SSSR count). The van der Waals surface area contributed by atoms with E-state index < -0.39 is 5.97 Å². The van der Waals surface area contributed by atoms with Gasteiger partial charge < -0.3 is 14.2 Å². The van der Waals surface area contributed by atoms with Crippen LogP contribution in [0.15, 0.2) is 75.8 Å². The van der Waals surface area contributed by atoms with E-state index >= 15 is 0 Å². The summed E-state index contributed by atoms with van der Waals surface area (Å²) in [6, 6.07) is 18.8. The topological polar surface area (TPSA) is 57.1 Å². The summed E-state index contributed by atoms with van der Waals surface area (Å²) in [6.45, 7) is 0.347. The molecule has 0 aliphatic carbocycles. The van der Waals surface area contributed by atoms with Crippen LogP contribution in [0.5, 0.6) is 11.5 Å². The number of cyclic esters (lactones) is 1.